The van der Waals surface area contributed by atoms with Crippen molar-refractivity contribution in [2.24, 2.45) is 0 Å². The van der Waals surface area contributed by atoms with Gasteiger partial charge in [0.2, 0.25) is 5.91 Å². The van der Waals surface area contributed by atoms with Gasteiger partial charge in [0.1, 0.15) is 73.2 Å². The monoisotopic (exact) mass is 1380 g/mol. The zero-order valence-electron chi connectivity index (χ0n) is 60.8. The predicted molar refractivity (Wildman–Crippen MR) is 383 cm³/mol. The number of carbonyl (C=O) groups is 1. The Balaban J connectivity index is 1.31. The van der Waals surface area contributed by atoms with Gasteiger partial charge in [-0.1, -0.05) is 294 Å². The van der Waals surface area contributed by atoms with Gasteiger partial charge in [0.25, 0.3) is 0 Å². The van der Waals surface area contributed by atoms with Gasteiger partial charge >= 0.3 is 0 Å². The van der Waals surface area contributed by atoms with E-state index < -0.39 is 124 Å². The van der Waals surface area contributed by atoms with Crippen molar-refractivity contribution in [2.45, 2.75) is 426 Å². The Morgan fingerprint density at radius 3 is 1.03 bits per heavy atom. The fraction of sp³-hybridized carbons (Fsp3) is 0.910. The number of hydrogen-bond donors (Lipinski definition) is 12. The largest absolute Gasteiger partial charge is 0.394 e. The second kappa shape index (κ2) is 59.4. The SMILES string of the molecule is CCCCCCCCCC/C=C\CCCCCCCCCCCCCCCCCCCCCCCCCCCC(=O)NC(COC1OC(CO)C(OC2OC(CO)C(OC3OC(CO)C(O)C(O)C3O)C(O)C2O)C(O)C1O)C(O)/C=C/CC/C=C/CCCCCCCCCCC. The van der Waals surface area contributed by atoms with E-state index in [0.29, 0.717) is 12.8 Å². The minimum absolute atomic E-state index is 0.240. The molecule has 0 spiro atoms. The number of unbranched alkanes of at least 4 members (excludes halogenated alkanes) is 43. The Bertz CT molecular complexity index is 1900. The van der Waals surface area contributed by atoms with Gasteiger partial charge in [-0.25, -0.2) is 0 Å². The first-order valence-corrected chi connectivity index (χ1v) is 39.7. The molecule has 3 saturated heterocycles. The summed E-state index contributed by atoms with van der Waals surface area (Å²) in [5.41, 5.74) is 0. The predicted octanol–water partition coefficient (Wildman–Crippen LogP) is 12.7. The molecule has 19 heteroatoms. The number of nitrogens with one attached hydrogen (secondary N) is 1. The van der Waals surface area contributed by atoms with Crippen LogP contribution in [-0.2, 0) is 33.2 Å². The van der Waals surface area contributed by atoms with Gasteiger partial charge in [0.05, 0.1) is 38.6 Å². The van der Waals surface area contributed by atoms with Gasteiger partial charge in [-0.15, -0.1) is 0 Å². The van der Waals surface area contributed by atoms with E-state index in [4.69, 9.17) is 28.4 Å². The van der Waals surface area contributed by atoms with Crippen LogP contribution in [0.2, 0.25) is 0 Å². The van der Waals surface area contributed by atoms with E-state index >= 15 is 0 Å². The summed E-state index contributed by atoms with van der Waals surface area (Å²) in [7, 11) is 0. The highest BCUT2D eigenvalue weighted by molar-refractivity contribution is 5.76. The molecule has 0 aromatic heterocycles. The normalized spacial score (nSPS) is 27.0. The molecule has 3 aliphatic rings. The molecule has 1 amide bonds. The molecule has 570 valence electrons. The van der Waals surface area contributed by atoms with E-state index in [1.807, 2.05) is 6.08 Å². The van der Waals surface area contributed by atoms with E-state index in [2.05, 4.69) is 43.5 Å². The fourth-order valence-corrected chi connectivity index (χ4v) is 13.5. The Kier molecular flexibility index (Phi) is 54.6. The van der Waals surface area contributed by atoms with E-state index in [1.165, 1.54) is 250 Å². The van der Waals surface area contributed by atoms with Crippen molar-refractivity contribution >= 4 is 5.91 Å². The smallest absolute Gasteiger partial charge is 0.220 e. The molecule has 3 rings (SSSR count). The third kappa shape index (κ3) is 40.0. The van der Waals surface area contributed by atoms with E-state index in [9.17, 15) is 61.0 Å². The molecule has 97 heavy (non-hydrogen) atoms. The highest BCUT2D eigenvalue weighted by Crippen LogP contribution is 2.33. The standard InChI is InChI=1S/C78H145NO18/c1-3-5-7-9-11-13-15-17-19-20-21-22-23-24-25-26-27-28-29-30-31-32-33-34-35-36-37-38-39-40-42-44-46-48-50-52-54-56-66(84)79-61(62(83)55-53-51-49-47-45-43-41-18-16-14-12-10-8-6-4-2)60-92-76-72(90)69(87)74(64(58-81)94-76)97-78-73(91)70(88)75(65(59-82)95-78)96-77-71(89)68(86)67(85)63(57-80)93-77/h20-21,45,47,53,55,61-65,67-78,80-83,85-91H,3-19,22-44,46,48-52,54,56-60H2,1-2H3,(H,79,84)/b21-20-,47-45+,55-53+. The molecule has 12 N–H and O–H groups in total. The van der Waals surface area contributed by atoms with Gasteiger partial charge in [-0.2, -0.15) is 0 Å². The summed E-state index contributed by atoms with van der Waals surface area (Å²) in [5.74, 6) is -0.280. The summed E-state index contributed by atoms with van der Waals surface area (Å²) in [5, 5.41) is 121. The first-order valence-electron chi connectivity index (χ1n) is 39.7. The first-order chi connectivity index (χ1) is 47.3. The lowest BCUT2D eigenvalue weighted by atomic mass is 9.96. The molecule has 3 aliphatic heterocycles. The molecular formula is C78H145NO18. The molecule has 0 aromatic carbocycles. The highest BCUT2D eigenvalue weighted by Gasteiger charge is 2.53. The maximum atomic E-state index is 13.4. The van der Waals surface area contributed by atoms with Crippen molar-refractivity contribution in [3.63, 3.8) is 0 Å². The van der Waals surface area contributed by atoms with Crippen LogP contribution in [0.1, 0.15) is 322 Å². The fourth-order valence-electron chi connectivity index (χ4n) is 13.5. The zero-order valence-corrected chi connectivity index (χ0v) is 60.8. The van der Waals surface area contributed by atoms with E-state index in [0.717, 1.165) is 38.5 Å². The van der Waals surface area contributed by atoms with Crippen LogP contribution in [0.25, 0.3) is 0 Å². The third-order valence-corrected chi connectivity index (χ3v) is 19.9. The van der Waals surface area contributed by atoms with Crippen LogP contribution < -0.4 is 5.32 Å². The first kappa shape index (κ1) is 89.2. The van der Waals surface area contributed by atoms with Crippen molar-refractivity contribution in [2.75, 3.05) is 26.4 Å². The average Bonchev–Trinajstić information content (AvgIpc) is 0.789. The van der Waals surface area contributed by atoms with Gasteiger partial charge in [-0.3, -0.25) is 4.79 Å². The number of amides is 1. The van der Waals surface area contributed by atoms with Crippen molar-refractivity contribution in [3.8, 4) is 0 Å². The maximum Gasteiger partial charge on any atom is 0.220 e. The highest BCUT2D eigenvalue weighted by atomic mass is 16.8. The summed E-state index contributed by atoms with van der Waals surface area (Å²) >= 11 is 0. The average molecular weight is 1390 g/mol. The second-order valence-electron chi connectivity index (χ2n) is 28.5. The van der Waals surface area contributed by atoms with Crippen LogP contribution >= 0.6 is 0 Å². The van der Waals surface area contributed by atoms with Crippen LogP contribution in [0, 0.1) is 0 Å². The molecule has 17 atom stereocenters. The van der Waals surface area contributed by atoms with Crippen LogP contribution in [0.5, 0.6) is 0 Å². The van der Waals surface area contributed by atoms with Crippen molar-refractivity contribution in [3.05, 3.63) is 36.5 Å². The third-order valence-electron chi connectivity index (χ3n) is 19.9. The van der Waals surface area contributed by atoms with Gasteiger partial charge < -0.3 is 89.9 Å². The lowest BCUT2D eigenvalue weighted by Gasteiger charge is -2.48. The summed E-state index contributed by atoms with van der Waals surface area (Å²) in [6.45, 7) is 1.74. The zero-order chi connectivity index (χ0) is 70.4. The molecule has 3 heterocycles. The van der Waals surface area contributed by atoms with Crippen LogP contribution in [-0.4, -0.2) is 193 Å². The van der Waals surface area contributed by atoms with Gasteiger partial charge in [0, 0.05) is 6.42 Å². The Morgan fingerprint density at radius 2 is 0.660 bits per heavy atom. The Morgan fingerprint density at radius 1 is 0.361 bits per heavy atom. The Labute approximate surface area is 587 Å². The van der Waals surface area contributed by atoms with E-state index in [-0.39, 0.29) is 18.9 Å². The number of ether oxygens (including phenoxy) is 6. The van der Waals surface area contributed by atoms with Crippen molar-refractivity contribution in [1.29, 1.82) is 0 Å². The molecular weight excluding hydrogens is 1240 g/mol. The molecule has 0 aliphatic carbocycles. The van der Waals surface area contributed by atoms with Gasteiger partial charge in [-0.05, 0) is 57.8 Å². The topological polar surface area (TPSA) is 307 Å². The second-order valence-corrected chi connectivity index (χ2v) is 28.5. The number of aliphatic hydroxyl groups excluding tert-OH is 11. The van der Waals surface area contributed by atoms with Crippen LogP contribution in [0.3, 0.4) is 0 Å². The van der Waals surface area contributed by atoms with Crippen molar-refractivity contribution < 1.29 is 89.4 Å². The van der Waals surface area contributed by atoms with Crippen molar-refractivity contribution in [1.82, 2.24) is 5.32 Å². The minimum atomic E-state index is -1.98. The quantitative estimate of drug-likeness (QED) is 0.0199. The molecule has 0 aromatic rings. The molecule has 0 bridgehead atoms. The minimum Gasteiger partial charge on any atom is -0.394 e. The molecule has 19 nitrogen and oxygen atoms in total. The number of carbonyl (C=O) groups excluding carboxylic acids is 1. The number of allylic oxidation sites excluding steroid dienone is 5. The van der Waals surface area contributed by atoms with Crippen LogP contribution in [0.4, 0.5) is 0 Å². The van der Waals surface area contributed by atoms with E-state index in [1.54, 1.807) is 6.08 Å². The van der Waals surface area contributed by atoms with Crippen LogP contribution in [0.15, 0.2) is 36.5 Å². The Hall–Kier alpha value is -1.99. The lowest BCUT2D eigenvalue weighted by molar-refractivity contribution is -0.379. The maximum absolute atomic E-state index is 13.4. The number of rotatable bonds is 63. The summed E-state index contributed by atoms with van der Waals surface area (Å²) in [6, 6.07) is -0.988. The molecule has 0 radical (unpaired) electrons. The molecule has 3 fully saturated rings. The summed E-state index contributed by atoms with van der Waals surface area (Å²) in [6.07, 6.45) is 46.0. The summed E-state index contributed by atoms with van der Waals surface area (Å²) < 4.78 is 34.4. The number of aliphatic hydroxyl groups is 11. The molecule has 0 saturated carbocycles. The lowest BCUT2D eigenvalue weighted by Crippen LogP contribution is -2.66. The van der Waals surface area contributed by atoms with Gasteiger partial charge in [0.15, 0.2) is 18.9 Å². The summed E-state index contributed by atoms with van der Waals surface area (Å²) in [4.78, 5) is 13.4. The molecule has 17 unspecified atom stereocenters. The number of hydrogen-bond acceptors (Lipinski definition) is 18.